The van der Waals surface area contributed by atoms with Crippen LogP contribution in [0.3, 0.4) is 0 Å². The minimum absolute atomic E-state index is 0.538. The second-order valence-electron chi connectivity index (χ2n) is 6.29. The standard InChI is InChI=1S/C17H31NS/c1-14(2)10-7-5-6-8-12-18-17(15(3)4)16-11-9-13-19-16/h9,11,13-15,17-18H,5-8,10,12H2,1-4H3. The van der Waals surface area contributed by atoms with Gasteiger partial charge in [-0.1, -0.05) is 59.4 Å². The van der Waals surface area contributed by atoms with Crippen LogP contribution in [0, 0.1) is 11.8 Å². The molecule has 19 heavy (non-hydrogen) atoms. The van der Waals surface area contributed by atoms with Gasteiger partial charge in [-0.25, -0.2) is 0 Å². The summed E-state index contributed by atoms with van der Waals surface area (Å²) in [7, 11) is 0. The summed E-state index contributed by atoms with van der Waals surface area (Å²) in [5.74, 6) is 1.53. The Labute approximate surface area is 123 Å². The number of nitrogens with one attached hydrogen (secondary N) is 1. The second kappa shape index (κ2) is 9.55. The van der Waals surface area contributed by atoms with Gasteiger partial charge < -0.3 is 5.32 Å². The highest BCUT2D eigenvalue weighted by Crippen LogP contribution is 2.25. The Morgan fingerprint density at radius 1 is 1.05 bits per heavy atom. The van der Waals surface area contributed by atoms with Crippen molar-refractivity contribution in [2.24, 2.45) is 11.8 Å². The van der Waals surface area contributed by atoms with Crippen LogP contribution in [0.4, 0.5) is 0 Å². The van der Waals surface area contributed by atoms with Crippen molar-refractivity contribution in [3.8, 4) is 0 Å². The van der Waals surface area contributed by atoms with Crippen molar-refractivity contribution < 1.29 is 0 Å². The first-order valence-corrected chi connectivity index (χ1v) is 8.76. The van der Waals surface area contributed by atoms with Crippen molar-refractivity contribution >= 4 is 11.3 Å². The van der Waals surface area contributed by atoms with Gasteiger partial charge in [-0.05, 0) is 36.2 Å². The third kappa shape index (κ3) is 7.12. The lowest BCUT2D eigenvalue weighted by molar-refractivity contribution is 0.408. The second-order valence-corrected chi connectivity index (χ2v) is 7.27. The Morgan fingerprint density at radius 2 is 1.79 bits per heavy atom. The molecule has 1 rings (SSSR count). The summed E-state index contributed by atoms with van der Waals surface area (Å²) in [5, 5.41) is 5.91. The first-order chi connectivity index (χ1) is 9.11. The van der Waals surface area contributed by atoms with Gasteiger partial charge in [-0.15, -0.1) is 11.3 Å². The summed E-state index contributed by atoms with van der Waals surface area (Å²) in [5.41, 5.74) is 0. The summed E-state index contributed by atoms with van der Waals surface area (Å²) < 4.78 is 0. The van der Waals surface area contributed by atoms with E-state index in [0.717, 1.165) is 12.5 Å². The van der Waals surface area contributed by atoms with Crippen LogP contribution >= 0.6 is 11.3 Å². The van der Waals surface area contributed by atoms with Gasteiger partial charge in [0, 0.05) is 10.9 Å². The minimum atomic E-state index is 0.538. The highest BCUT2D eigenvalue weighted by atomic mass is 32.1. The summed E-state index contributed by atoms with van der Waals surface area (Å²) in [6.45, 7) is 10.4. The van der Waals surface area contributed by atoms with E-state index in [-0.39, 0.29) is 0 Å². The molecule has 1 N–H and O–H groups in total. The van der Waals surface area contributed by atoms with E-state index in [1.807, 2.05) is 11.3 Å². The fourth-order valence-corrected chi connectivity index (χ4v) is 3.40. The van der Waals surface area contributed by atoms with Gasteiger partial charge in [0.2, 0.25) is 0 Å². The Balaban J connectivity index is 2.13. The van der Waals surface area contributed by atoms with Gasteiger partial charge >= 0.3 is 0 Å². The number of hydrogen-bond donors (Lipinski definition) is 1. The maximum atomic E-state index is 3.73. The van der Waals surface area contributed by atoms with Crippen molar-refractivity contribution in [2.75, 3.05) is 6.54 Å². The molecule has 1 nitrogen and oxygen atoms in total. The molecule has 0 amide bonds. The average molecular weight is 282 g/mol. The molecular weight excluding hydrogens is 250 g/mol. The van der Waals surface area contributed by atoms with Crippen molar-refractivity contribution in [3.05, 3.63) is 22.4 Å². The largest absolute Gasteiger partial charge is 0.309 e. The van der Waals surface area contributed by atoms with Crippen molar-refractivity contribution in [1.82, 2.24) is 5.32 Å². The van der Waals surface area contributed by atoms with Gasteiger partial charge in [0.25, 0.3) is 0 Å². The molecule has 1 aromatic rings. The van der Waals surface area contributed by atoms with Crippen LogP contribution in [0.1, 0.15) is 70.7 Å². The smallest absolute Gasteiger partial charge is 0.0438 e. The molecule has 1 aromatic heterocycles. The van der Waals surface area contributed by atoms with Gasteiger partial charge in [0.1, 0.15) is 0 Å². The van der Waals surface area contributed by atoms with Gasteiger partial charge in [-0.2, -0.15) is 0 Å². The highest BCUT2D eigenvalue weighted by Gasteiger charge is 2.15. The van der Waals surface area contributed by atoms with Crippen LogP contribution in [-0.4, -0.2) is 6.54 Å². The lowest BCUT2D eigenvalue weighted by atomic mass is 10.0. The summed E-state index contributed by atoms with van der Waals surface area (Å²) in [6.07, 6.45) is 6.86. The predicted molar refractivity (Wildman–Crippen MR) is 87.8 cm³/mol. The Morgan fingerprint density at radius 3 is 2.37 bits per heavy atom. The fraction of sp³-hybridized carbons (Fsp3) is 0.765. The summed E-state index contributed by atoms with van der Waals surface area (Å²) in [4.78, 5) is 1.48. The zero-order chi connectivity index (χ0) is 14.1. The van der Waals surface area contributed by atoms with Crippen molar-refractivity contribution in [1.29, 1.82) is 0 Å². The molecule has 0 saturated heterocycles. The quantitative estimate of drug-likeness (QED) is 0.547. The first kappa shape index (κ1) is 16.7. The molecule has 2 heteroatoms. The SMILES string of the molecule is CC(C)CCCCCCNC(c1cccs1)C(C)C. The van der Waals surface area contributed by atoms with Gasteiger partial charge in [0.15, 0.2) is 0 Å². The highest BCUT2D eigenvalue weighted by molar-refractivity contribution is 7.10. The molecule has 0 saturated carbocycles. The monoisotopic (exact) mass is 281 g/mol. The van der Waals surface area contributed by atoms with Crippen LogP contribution in [0.5, 0.6) is 0 Å². The number of rotatable bonds is 10. The molecule has 1 unspecified atom stereocenters. The lowest BCUT2D eigenvalue weighted by Gasteiger charge is -2.21. The molecule has 0 fully saturated rings. The van der Waals surface area contributed by atoms with E-state index in [1.165, 1.54) is 37.0 Å². The first-order valence-electron chi connectivity index (χ1n) is 7.88. The van der Waals surface area contributed by atoms with E-state index < -0.39 is 0 Å². The Bertz CT molecular complexity index is 303. The van der Waals surface area contributed by atoms with Gasteiger partial charge in [-0.3, -0.25) is 0 Å². The molecule has 0 spiro atoms. The van der Waals surface area contributed by atoms with E-state index in [9.17, 15) is 0 Å². The van der Waals surface area contributed by atoms with Crippen LogP contribution in [0.15, 0.2) is 17.5 Å². The fourth-order valence-electron chi connectivity index (χ4n) is 2.42. The molecule has 1 atom stereocenters. The zero-order valence-electron chi connectivity index (χ0n) is 13.1. The average Bonchev–Trinajstić information content (AvgIpc) is 2.85. The van der Waals surface area contributed by atoms with Gasteiger partial charge in [0.05, 0.1) is 0 Å². The van der Waals surface area contributed by atoms with E-state index in [2.05, 4.69) is 50.5 Å². The molecule has 0 aliphatic carbocycles. The Hall–Kier alpha value is -0.340. The van der Waals surface area contributed by atoms with Crippen LogP contribution in [0.25, 0.3) is 0 Å². The van der Waals surface area contributed by atoms with Crippen LogP contribution < -0.4 is 5.32 Å². The van der Waals surface area contributed by atoms with Crippen LogP contribution in [-0.2, 0) is 0 Å². The summed E-state index contributed by atoms with van der Waals surface area (Å²) >= 11 is 1.87. The normalized spacial score (nSPS) is 13.4. The van der Waals surface area contributed by atoms with E-state index in [4.69, 9.17) is 0 Å². The lowest BCUT2D eigenvalue weighted by Crippen LogP contribution is -2.25. The van der Waals surface area contributed by atoms with Crippen molar-refractivity contribution in [2.45, 2.75) is 65.8 Å². The van der Waals surface area contributed by atoms with Crippen molar-refractivity contribution in [3.63, 3.8) is 0 Å². The van der Waals surface area contributed by atoms with E-state index in [0.29, 0.717) is 12.0 Å². The number of thiophene rings is 1. The molecule has 0 aliphatic rings. The molecule has 0 aliphatic heterocycles. The van der Waals surface area contributed by atoms with Crippen LogP contribution in [0.2, 0.25) is 0 Å². The molecular formula is C17H31NS. The molecule has 0 aromatic carbocycles. The number of hydrogen-bond acceptors (Lipinski definition) is 2. The maximum absolute atomic E-state index is 3.73. The predicted octanol–water partition coefficient (Wildman–Crippen LogP) is 5.64. The molecule has 110 valence electrons. The minimum Gasteiger partial charge on any atom is -0.309 e. The zero-order valence-corrected chi connectivity index (χ0v) is 13.9. The summed E-state index contributed by atoms with van der Waals surface area (Å²) in [6, 6.07) is 4.95. The van der Waals surface area contributed by atoms with E-state index >= 15 is 0 Å². The third-order valence-electron chi connectivity index (χ3n) is 3.59. The third-order valence-corrected chi connectivity index (χ3v) is 4.54. The molecule has 0 bridgehead atoms. The maximum Gasteiger partial charge on any atom is 0.0438 e. The molecule has 0 radical (unpaired) electrons. The topological polar surface area (TPSA) is 12.0 Å². The van der Waals surface area contributed by atoms with E-state index in [1.54, 1.807) is 0 Å². The molecule has 1 heterocycles. The number of unbranched alkanes of at least 4 members (excludes halogenated alkanes) is 3. The Kier molecular flexibility index (Phi) is 8.40.